The van der Waals surface area contributed by atoms with Crippen molar-refractivity contribution in [2.24, 2.45) is 5.41 Å². The topological polar surface area (TPSA) is 27.3 Å². The highest BCUT2D eigenvalue weighted by Crippen LogP contribution is 2.25. The third-order valence-corrected chi connectivity index (χ3v) is 3.02. The van der Waals surface area contributed by atoms with Crippen LogP contribution in [0.15, 0.2) is 0 Å². The van der Waals surface area contributed by atoms with E-state index in [1.807, 2.05) is 0 Å². The molecule has 0 spiro atoms. The van der Waals surface area contributed by atoms with E-state index in [2.05, 4.69) is 36.5 Å². The highest BCUT2D eigenvalue weighted by molar-refractivity contribution is 4.88. The monoisotopic (exact) mass is 183 g/mol. The van der Waals surface area contributed by atoms with Gasteiger partial charge >= 0.3 is 0 Å². The van der Waals surface area contributed by atoms with Crippen molar-refractivity contribution in [3.05, 3.63) is 0 Å². The second-order valence-electron chi connectivity index (χ2n) is 5.30. The smallest absolute Gasteiger partial charge is 0.0768 e. The lowest BCUT2D eigenvalue weighted by atomic mass is 9.93. The zero-order valence-corrected chi connectivity index (χ0v) is 8.93. The summed E-state index contributed by atoms with van der Waals surface area (Å²) in [7, 11) is 0. The molecule has 0 saturated carbocycles. The van der Waals surface area contributed by atoms with Crippen LogP contribution in [0.5, 0.6) is 0 Å². The number of piperidine rings is 1. The summed E-state index contributed by atoms with van der Waals surface area (Å²) in [4.78, 5) is 0. The second-order valence-corrected chi connectivity index (χ2v) is 5.30. The van der Waals surface area contributed by atoms with E-state index in [9.17, 15) is 0 Å². The molecule has 2 N–H and O–H groups in total. The van der Waals surface area contributed by atoms with Gasteiger partial charge in [-0.05, 0) is 24.7 Å². The number of hydrazine groups is 1. The maximum Gasteiger partial charge on any atom is 0.0768 e. The molecule has 2 fully saturated rings. The van der Waals surface area contributed by atoms with Crippen molar-refractivity contribution in [2.45, 2.75) is 52.4 Å². The summed E-state index contributed by atoms with van der Waals surface area (Å²) in [6.45, 7) is 8.02. The van der Waals surface area contributed by atoms with Crippen molar-refractivity contribution in [1.29, 1.82) is 0 Å². The number of nitrogens with zero attached hydrogens (tertiary/aromatic N) is 1. The van der Waals surface area contributed by atoms with Crippen LogP contribution in [0.4, 0.5) is 0 Å². The van der Waals surface area contributed by atoms with Gasteiger partial charge in [-0.3, -0.25) is 5.32 Å². The van der Waals surface area contributed by atoms with Gasteiger partial charge in [0.25, 0.3) is 0 Å². The second kappa shape index (κ2) is 3.23. The first-order valence-electron chi connectivity index (χ1n) is 5.36. The Kier molecular flexibility index (Phi) is 2.34. The summed E-state index contributed by atoms with van der Waals surface area (Å²) in [5.41, 5.74) is 3.86. The van der Waals surface area contributed by atoms with E-state index in [4.69, 9.17) is 0 Å². The van der Waals surface area contributed by atoms with Gasteiger partial charge in [-0.15, -0.1) is 0 Å². The van der Waals surface area contributed by atoms with Crippen LogP contribution in [-0.2, 0) is 0 Å². The number of rotatable bonds is 0. The number of hydrogen-bond acceptors (Lipinski definition) is 3. The normalized spacial score (nSPS) is 36.2. The molecule has 3 nitrogen and oxygen atoms in total. The van der Waals surface area contributed by atoms with E-state index < -0.39 is 0 Å². The minimum Gasteiger partial charge on any atom is -0.284 e. The SMILES string of the molecule is CC(C)(C)C1NC2CCCCN2N1. The Labute approximate surface area is 80.8 Å². The molecule has 0 aliphatic carbocycles. The zero-order valence-electron chi connectivity index (χ0n) is 8.93. The molecule has 0 aromatic rings. The predicted molar refractivity (Wildman–Crippen MR) is 53.9 cm³/mol. The maximum atomic E-state index is 3.65. The van der Waals surface area contributed by atoms with Crippen LogP contribution < -0.4 is 10.7 Å². The Morgan fingerprint density at radius 1 is 1.23 bits per heavy atom. The van der Waals surface area contributed by atoms with Gasteiger partial charge in [-0.25, -0.2) is 10.4 Å². The molecular formula is C10H21N3. The number of hydrogen-bond donors (Lipinski definition) is 2. The molecule has 2 heterocycles. The highest BCUT2D eigenvalue weighted by atomic mass is 15.7. The van der Waals surface area contributed by atoms with Crippen molar-refractivity contribution < 1.29 is 0 Å². The highest BCUT2D eigenvalue weighted by Gasteiger charge is 2.37. The van der Waals surface area contributed by atoms with Crippen LogP contribution in [0.25, 0.3) is 0 Å². The van der Waals surface area contributed by atoms with Crippen LogP contribution >= 0.6 is 0 Å². The van der Waals surface area contributed by atoms with E-state index in [0.717, 1.165) is 0 Å². The molecule has 2 unspecified atom stereocenters. The standard InChI is InChI=1S/C10H21N3/c1-10(2,3)9-11-8-6-4-5-7-13(8)12-9/h8-9,11-12H,4-7H2,1-3H3. The van der Waals surface area contributed by atoms with Gasteiger partial charge in [0.05, 0.1) is 12.3 Å². The minimum atomic E-state index is 0.303. The molecule has 0 radical (unpaired) electrons. The lowest BCUT2D eigenvalue weighted by Gasteiger charge is -2.28. The van der Waals surface area contributed by atoms with Gasteiger partial charge in [0.15, 0.2) is 0 Å². The van der Waals surface area contributed by atoms with E-state index in [1.54, 1.807) is 0 Å². The number of nitrogens with one attached hydrogen (secondary N) is 2. The molecule has 76 valence electrons. The third-order valence-electron chi connectivity index (χ3n) is 3.02. The molecule has 13 heavy (non-hydrogen) atoms. The molecule has 2 saturated heterocycles. The Morgan fingerprint density at radius 2 is 2.00 bits per heavy atom. The lowest BCUT2D eigenvalue weighted by molar-refractivity contribution is 0.123. The van der Waals surface area contributed by atoms with Gasteiger partial charge < -0.3 is 0 Å². The third kappa shape index (κ3) is 1.87. The van der Waals surface area contributed by atoms with Gasteiger partial charge in [-0.1, -0.05) is 20.8 Å². The molecule has 0 bridgehead atoms. The van der Waals surface area contributed by atoms with Crippen molar-refractivity contribution in [1.82, 2.24) is 15.8 Å². The molecule has 0 aromatic carbocycles. The van der Waals surface area contributed by atoms with Crippen LogP contribution in [0, 0.1) is 5.41 Å². The van der Waals surface area contributed by atoms with Gasteiger partial charge in [0.1, 0.15) is 0 Å². The van der Waals surface area contributed by atoms with Crippen LogP contribution in [-0.4, -0.2) is 23.9 Å². The zero-order chi connectivity index (χ0) is 9.47. The first-order valence-corrected chi connectivity index (χ1v) is 5.36. The number of fused-ring (bicyclic) bond motifs is 1. The Morgan fingerprint density at radius 3 is 2.62 bits per heavy atom. The minimum absolute atomic E-state index is 0.303. The quantitative estimate of drug-likeness (QED) is 0.592. The summed E-state index contributed by atoms with van der Waals surface area (Å²) in [6.07, 6.45) is 5.02. The van der Waals surface area contributed by atoms with E-state index in [1.165, 1.54) is 25.8 Å². The Bertz CT molecular complexity index is 171. The molecule has 2 atom stereocenters. The summed E-state index contributed by atoms with van der Waals surface area (Å²) in [6, 6.07) is 0. The van der Waals surface area contributed by atoms with Crippen molar-refractivity contribution in [3.63, 3.8) is 0 Å². The van der Waals surface area contributed by atoms with Crippen LogP contribution in [0.2, 0.25) is 0 Å². The molecule has 2 aliphatic rings. The molecule has 3 heteroatoms. The fourth-order valence-corrected chi connectivity index (χ4v) is 2.10. The average Bonchev–Trinajstić information content (AvgIpc) is 2.45. The fraction of sp³-hybridized carbons (Fsp3) is 1.00. The first kappa shape index (κ1) is 9.44. The van der Waals surface area contributed by atoms with Crippen molar-refractivity contribution in [3.8, 4) is 0 Å². The maximum absolute atomic E-state index is 3.65. The fourth-order valence-electron chi connectivity index (χ4n) is 2.10. The van der Waals surface area contributed by atoms with Gasteiger partial charge in [-0.2, -0.15) is 0 Å². The first-order chi connectivity index (χ1) is 6.07. The van der Waals surface area contributed by atoms with E-state index in [0.29, 0.717) is 17.7 Å². The summed E-state index contributed by atoms with van der Waals surface area (Å²) in [5, 5.41) is 6.02. The molecule has 2 rings (SSSR count). The molecule has 2 aliphatic heterocycles. The molecule has 0 amide bonds. The van der Waals surface area contributed by atoms with Crippen LogP contribution in [0.3, 0.4) is 0 Å². The van der Waals surface area contributed by atoms with E-state index >= 15 is 0 Å². The largest absolute Gasteiger partial charge is 0.284 e. The van der Waals surface area contributed by atoms with Crippen molar-refractivity contribution in [2.75, 3.05) is 6.54 Å². The lowest BCUT2D eigenvalue weighted by Crippen LogP contribution is -2.45. The molecule has 0 aromatic heterocycles. The van der Waals surface area contributed by atoms with E-state index in [-0.39, 0.29) is 0 Å². The average molecular weight is 183 g/mol. The summed E-state index contributed by atoms with van der Waals surface area (Å²) >= 11 is 0. The Balaban J connectivity index is 1.99. The Hall–Kier alpha value is -0.120. The van der Waals surface area contributed by atoms with Gasteiger partial charge in [0.2, 0.25) is 0 Å². The predicted octanol–water partition coefficient (Wildman–Crippen LogP) is 1.28. The van der Waals surface area contributed by atoms with Crippen LogP contribution in [0.1, 0.15) is 40.0 Å². The summed E-state index contributed by atoms with van der Waals surface area (Å²) < 4.78 is 0. The van der Waals surface area contributed by atoms with Crippen molar-refractivity contribution >= 4 is 0 Å². The van der Waals surface area contributed by atoms with Gasteiger partial charge in [0, 0.05) is 6.54 Å². The summed E-state index contributed by atoms with van der Waals surface area (Å²) in [5.74, 6) is 0. The molecular weight excluding hydrogens is 162 g/mol.